The fourth-order valence-corrected chi connectivity index (χ4v) is 3.62. The maximum Gasteiger partial charge on any atom is 0.228 e. The lowest BCUT2D eigenvalue weighted by Gasteiger charge is -2.10. The number of methoxy groups -OCH3 is 1. The van der Waals surface area contributed by atoms with Crippen molar-refractivity contribution in [2.75, 3.05) is 7.11 Å². The number of phenolic OH excluding ortho intramolecular Hbond substituents is 1. The number of aromatic hydroxyl groups is 1. The number of oxazole rings is 1. The summed E-state index contributed by atoms with van der Waals surface area (Å²) in [4.78, 5) is 13.2. The molecule has 2 aromatic carbocycles. The Balaban J connectivity index is 1.75. The average Bonchev–Trinajstić information content (AvgIpc) is 3.16. The third-order valence-electron chi connectivity index (χ3n) is 4.37. The molecule has 1 N–H and O–H groups in total. The Hall–Kier alpha value is -2.71. The number of fused-ring (bicyclic) bond motifs is 1. The summed E-state index contributed by atoms with van der Waals surface area (Å²) in [5.74, 6) is 0.833. The molecule has 4 aromatic rings. The van der Waals surface area contributed by atoms with Crippen molar-refractivity contribution in [3.8, 4) is 23.0 Å². The predicted molar refractivity (Wildman–Crippen MR) is 119 cm³/mol. The van der Waals surface area contributed by atoms with E-state index in [0.717, 1.165) is 21.3 Å². The highest BCUT2D eigenvalue weighted by atomic mass is 79.9. The van der Waals surface area contributed by atoms with Crippen molar-refractivity contribution in [2.45, 2.75) is 6.92 Å². The van der Waals surface area contributed by atoms with E-state index in [4.69, 9.17) is 9.15 Å². The van der Waals surface area contributed by atoms with Gasteiger partial charge in [-0.15, -0.1) is 0 Å². The van der Waals surface area contributed by atoms with Crippen LogP contribution in [0.25, 0.3) is 22.7 Å². The molecule has 0 spiro atoms. The van der Waals surface area contributed by atoms with Gasteiger partial charge in [0.25, 0.3) is 0 Å². The first-order valence-electron chi connectivity index (χ1n) is 8.59. The molecule has 0 bridgehead atoms. The van der Waals surface area contributed by atoms with E-state index in [2.05, 4.69) is 46.8 Å². The molecule has 8 heteroatoms. The lowest BCUT2D eigenvalue weighted by Crippen LogP contribution is -1.92. The van der Waals surface area contributed by atoms with Crippen LogP contribution < -0.4 is 4.74 Å². The van der Waals surface area contributed by atoms with Gasteiger partial charge in [0.1, 0.15) is 0 Å². The van der Waals surface area contributed by atoms with Gasteiger partial charge in [0.15, 0.2) is 22.7 Å². The van der Waals surface area contributed by atoms with Crippen molar-refractivity contribution in [1.29, 1.82) is 0 Å². The van der Waals surface area contributed by atoms with E-state index in [9.17, 15) is 5.11 Å². The van der Waals surface area contributed by atoms with Gasteiger partial charge in [-0.2, -0.15) is 4.98 Å². The van der Waals surface area contributed by atoms with Gasteiger partial charge in [0.2, 0.25) is 5.89 Å². The van der Waals surface area contributed by atoms with Gasteiger partial charge in [0.05, 0.1) is 18.4 Å². The Bertz CT molecular complexity index is 1220. The van der Waals surface area contributed by atoms with Crippen LogP contribution in [0, 0.1) is 6.92 Å². The van der Waals surface area contributed by atoms with Crippen molar-refractivity contribution >= 4 is 55.0 Å². The Labute approximate surface area is 183 Å². The topological polar surface area (TPSA) is 80.7 Å². The number of aryl methyl sites for hydroxylation is 1. The minimum absolute atomic E-state index is 0.00478. The number of rotatable bonds is 4. The molecule has 2 aromatic heterocycles. The van der Waals surface area contributed by atoms with E-state index in [0.29, 0.717) is 32.9 Å². The van der Waals surface area contributed by atoms with Crippen molar-refractivity contribution in [2.24, 2.45) is 4.99 Å². The Morgan fingerprint density at radius 2 is 2.03 bits per heavy atom. The van der Waals surface area contributed by atoms with E-state index >= 15 is 0 Å². The molecule has 0 aliphatic heterocycles. The molecule has 0 aliphatic rings. The average molecular weight is 517 g/mol. The highest BCUT2D eigenvalue weighted by Gasteiger charge is 2.15. The summed E-state index contributed by atoms with van der Waals surface area (Å²) in [6.07, 6.45) is 3.27. The van der Waals surface area contributed by atoms with Crippen LogP contribution >= 0.6 is 31.9 Å². The quantitative estimate of drug-likeness (QED) is 0.327. The molecule has 29 heavy (non-hydrogen) atoms. The number of nitrogens with zero attached hydrogens (tertiary/aromatic N) is 3. The monoisotopic (exact) mass is 515 g/mol. The van der Waals surface area contributed by atoms with E-state index in [1.54, 1.807) is 24.5 Å². The summed E-state index contributed by atoms with van der Waals surface area (Å²) < 4.78 is 12.4. The largest absolute Gasteiger partial charge is 0.504 e. The summed E-state index contributed by atoms with van der Waals surface area (Å²) in [5.41, 5.74) is 4.18. The molecule has 2 heterocycles. The van der Waals surface area contributed by atoms with E-state index in [1.807, 2.05) is 31.2 Å². The van der Waals surface area contributed by atoms with Gasteiger partial charge < -0.3 is 14.3 Å². The second-order valence-corrected chi connectivity index (χ2v) is 7.89. The van der Waals surface area contributed by atoms with Crippen LogP contribution in [0.1, 0.15) is 11.1 Å². The van der Waals surface area contributed by atoms with Crippen LogP contribution in [0.2, 0.25) is 0 Å². The minimum atomic E-state index is 0.00478. The first kappa shape index (κ1) is 19.6. The number of pyridine rings is 1. The number of ether oxygens (including phenoxy) is 1. The molecule has 0 amide bonds. The number of halogens is 2. The van der Waals surface area contributed by atoms with Gasteiger partial charge in [-0.25, -0.2) is 4.98 Å². The number of hydrogen-bond acceptors (Lipinski definition) is 6. The lowest BCUT2D eigenvalue weighted by molar-refractivity contribution is 0.372. The summed E-state index contributed by atoms with van der Waals surface area (Å²) in [6.45, 7) is 1.96. The van der Waals surface area contributed by atoms with Crippen LogP contribution in [0.5, 0.6) is 11.5 Å². The lowest BCUT2D eigenvalue weighted by atomic mass is 10.1. The molecular formula is C21H15Br2N3O3. The zero-order chi connectivity index (χ0) is 20.5. The van der Waals surface area contributed by atoms with Crippen molar-refractivity contribution in [1.82, 2.24) is 9.97 Å². The summed E-state index contributed by atoms with van der Waals surface area (Å²) in [7, 11) is 1.50. The van der Waals surface area contributed by atoms with Gasteiger partial charge >= 0.3 is 0 Å². The van der Waals surface area contributed by atoms with Gasteiger partial charge in [-0.1, -0.05) is 6.07 Å². The standard InChI is InChI=1S/C21H15Br2N3O3/c1-11-5-6-12(21-26-20-16(29-21)4-3-7-24-20)8-15(11)25-10-13-18(23)14(22)9-17(28-2)19(13)27/h3-10,27H,1-2H3. The highest BCUT2D eigenvalue weighted by molar-refractivity contribution is 9.13. The van der Waals surface area contributed by atoms with Crippen molar-refractivity contribution in [3.05, 3.63) is 62.7 Å². The molecular weight excluding hydrogens is 502 g/mol. The normalized spacial score (nSPS) is 11.4. The SMILES string of the molecule is COc1cc(Br)c(Br)c(C=Nc2cc(-c3nc4ncccc4o3)ccc2C)c1O. The molecule has 0 saturated carbocycles. The van der Waals surface area contributed by atoms with Gasteiger partial charge in [0, 0.05) is 26.9 Å². The number of phenols is 1. The van der Waals surface area contributed by atoms with E-state index in [1.165, 1.54) is 7.11 Å². The Morgan fingerprint density at radius 1 is 1.21 bits per heavy atom. The number of benzene rings is 2. The van der Waals surface area contributed by atoms with Crippen molar-refractivity contribution < 1.29 is 14.3 Å². The molecule has 4 rings (SSSR count). The molecule has 0 unspecified atom stereocenters. The molecule has 6 nitrogen and oxygen atoms in total. The fourth-order valence-electron chi connectivity index (χ4n) is 2.79. The molecule has 0 atom stereocenters. The molecule has 0 radical (unpaired) electrons. The minimum Gasteiger partial charge on any atom is -0.504 e. The number of aromatic nitrogens is 2. The molecule has 0 aliphatic carbocycles. The second-order valence-electron chi connectivity index (χ2n) is 6.24. The maximum absolute atomic E-state index is 10.5. The first-order chi connectivity index (χ1) is 14.0. The zero-order valence-electron chi connectivity index (χ0n) is 15.5. The second kappa shape index (κ2) is 7.96. The first-order valence-corrected chi connectivity index (χ1v) is 10.2. The van der Waals surface area contributed by atoms with Gasteiger partial charge in [-0.3, -0.25) is 4.99 Å². The number of hydrogen-bond donors (Lipinski definition) is 1. The number of aliphatic imine (C=N–C) groups is 1. The van der Waals surface area contributed by atoms with E-state index < -0.39 is 0 Å². The van der Waals surface area contributed by atoms with Crippen LogP contribution in [-0.4, -0.2) is 28.4 Å². The smallest absolute Gasteiger partial charge is 0.228 e. The summed E-state index contributed by atoms with van der Waals surface area (Å²) >= 11 is 6.92. The van der Waals surface area contributed by atoms with Crippen molar-refractivity contribution in [3.63, 3.8) is 0 Å². The third-order valence-corrected chi connectivity index (χ3v) is 6.38. The summed E-state index contributed by atoms with van der Waals surface area (Å²) in [6, 6.07) is 11.1. The molecule has 0 fully saturated rings. The highest BCUT2D eigenvalue weighted by Crippen LogP contribution is 2.40. The molecule has 0 saturated heterocycles. The molecule has 146 valence electrons. The third kappa shape index (κ3) is 3.77. The maximum atomic E-state index is 10.5. The van der Waals surface area contributed by atoms with Crippen LogP contribution in [0.4, 0.5) is 5.69 Å². The Morgan fingerprint density at radius 3 is 2.79 bits per heavy atom. The van der Waals surface area contributed by atoms with E-state index in [-0.39, 0.29) is 5.75 Å². The van der Waals surface area contributed by atoms with Crippen LogP contribution in [0.3, 0.4) is 0 Å². The van der Waals surface area contributed by atoms with Crippen LogP contribution in [-0.2, 0) is 0 Å². The zero-order valence-corrected chi connectivity index (χ0v) is 18.7. The predicted octanol–water partition coefficient (Wildman–Crippen LogP) is 6.19. The van der Waals surface area contributed by atoms with Gasteiger partial charge in [-0.05, 0) is 74.7 Å². The fraction of sp³-hybridized carbons (Fsp3) is 0.0952. The van der Waals surface area contributed by atoms with Crippen LogP contribution in [0.15, 0.2) is 61.0 Å². The summed E-state index contributed by atoms with van der Waals surface area (Å²) in [5, 5.41) is 10.5. The Kier molecular flexibility index (Phi) is 5.38.